The van der Waals surface area contributed by atoms with Gasteiger partial charge in [-0.15, -0.1) is 0 Å². The molecule has 0 fully saturated rings. The van der Waals surface area contributed by atoms with Gasteiger partial charge in [-0.1, -0.05) is 94.8 Å². The molecule has 4 aromatic rings. The molecule has 0 aromatic heterocycles. The van der Waals surface area contributed by atoms with Gasteiger partial charge in [0.1, 0.15) is 13.2 Å². The van der Waals surface area contributed by atoms with Gasteiger partial charge in [0.05, 0.1) is 0 Å². The molecule has 170 valence electrons. The van der Waals surface area contributed by atoms with E-state index in [0.29, 0.717) is 10.0 Å². The van der Waals surface area contributed by atoms with E-state index in [9.17, 15) is 8.78 Å². The van der Waals surface area contributed by atoms with Crippen LogP contribution < -0.4 is 9.47 Å². The predicted molar refractivity (Wildman–Crippen MR) is 133 cm³/mol. The van der Waals surface area contributed by atoms with Gasteiger partial charge in [-0.05, 0) is 40.5 Å². The van der Waals surface area contributed by atoms with E-state index >= 15 is 0 Å². The quantitative estimate of drug-likeness (QED) is 0.246. The van der Waals surface area contributed by atoms with Crippen LogP contribution in [0.5, 0.6) is 11.5 Å². The number of hydrogen-bond donors (Lipinski definition) is 0. The fourth-order valence-corrected chi connectivity index (χ4v) is 4.78. The second kappa shape index (κ2) is 9.82. The first-order valence-electron chi connectivity index (χ1n) is 10.9. The highest BCUT2D eigenvalue weighted by Crippen LogP contribution is 2.45. The topological polar surface area (TPSA) is 18.5 Å². The Kier molecular flexibility index (Phi) is 6.45. The van der Waals surface area contributed by atoms with Crippen LogP contribution >= 0.6 is 15.9 Å². The molecule has 0 aliphatic heterocycles. The Morgan fingerprint density at radius 1 is 0.735 bits per heavy atom. The fourth-order valence-electron chi connectivity index (χ4n) is 4.12. The summed E-state index contributed by atoms with van der Waals surface area (Å²) in [4.78, 5) is 0. The minimum atomic E-state index is -0.442. The molecule has 0 amide bonds. The summed E-state index contributed by atoms with van der Waals surface area (Å²) in [7, 11) is 0. The van der Waals surface area contributed by atoms with Crippen molar-refractivity contribution in [1.82, 2.24) is 0 Å². The third-order valence-corrected chi connectivity index (χ3v) is 6.46. The molecule has 0 saturated carbocycles. The highest BCUT2D eigenvalue weighted by Gasteiger charge is 2.28. The number of ether oxygens (including phenoxy) is 2. The number of fused-ring (bicyclic) bond motifs is 1. The molecule has 5 rings (SSSR count). The van der Waals surface area contributed by atoms with Gasteiger partial charge in [-0.2, -0.15) is 0 Å². The van der Waals surface area contributed by atoms with E-state index < -0.39 is 11.6 Å². The fraction of sp³-hybridized carbons (Fsp3) is 0.103. The van der Waals surface area contributed by atoms with Crippen molar-refractivity contribution in [3.8, 4) is 11.5 Å². The maximum Gasteiger partial charge on any atom is 0.166 e. The molecule has 4 aromatic carbocycles. The van der Waals surface area contributed by atoms with Crippen molar-refractivity contribution in [3.63, 3.8) is 0 Å². The summed E-state index contributed by atoms with van der Waals surface area (Å²) in [5.74, 6) is -0.720. The second-order valence-corrected chi connectivity index (χ2v) is 8.93. The molecular weight excluding hydrogens is 498 g/mol. The maximum atomic E-state index is 14.9. The van der Waals surface area contributed by atoms with Crippen LogP contribution in [0.15, 0.2) is 95.5 Å². The number of rotatable bonds is 7. The van der Waals surface area contributed by atoms with Crippen molar-refractivity contribution >= 4 is 22.0 Å². The van der Waals surface area contributed by atoms with E-state index in [1.54, 1.807) is 6.07 Å². The van der Waals surface area contributed by atoms with Gasteiger partial charge >= 0.3 is 0 Å². The highest BCUT2D eigenvalue weighted by molar-refractivity contribution is 9.10. The molecule has 1 aliphatic carbocycles. The summed E-state index contributed by atoms with van der Waals surface area (Å²) in [6.45, 7) is 0.544. The third kappa shape index (κ3) is 4.62. The SMILES string of the molecule is Fc1cc(C2C=Cc3c(OCc4ccccc4)c(F)cc(Br)c32)ccc1OCc1ccccc1. The van der Waals surface area contributed by atoms with E-state index in [1.165, 1.54) is 12.1 Å². The van der Waals surface area contributed by atoms with Crippen molar-refractivity contribution in [3.05, 3.63) is 135 Å². The number of halogens is 3. The maximum absolute atomic E-state index is 14.9. The molecule has 1 atom stereocenters. The smallest absolute Gasteiger partial charge is 0.166 e. The van der Waals surface area contributed by atoms with Crippen molar-refractivity contribution in [2.75, 3.05) is 0 Å². The van der Waals surface area contributed by atoms with Crippen LogP contribution in [0.2, 0.25) is 0 Å². The number of allylic oxidation sites excluding steroid dienone is 1. The Balaban J connectivity index is 1.39. The lowest BCUT2D eigenvalue weighted by atomic mass is 9.92. The molecule has 34 heavy (non-hydrogen) atoms. The van der Waals surface area contributed by atoms with Gasteiger partial charge in [-0.3, -0.25) is 0 Å². The molecule has 1 aliphatic rings. The summed E-state index contributed by atoms with van der Waals surface area (Å²) in [5, 5.41) is 0. The normalized spacial score (nSPS) is 14.1. The highest BCUT2D eigenvalue weighted by atomic mass is 79.9. The molecule has 0 spiro atoms. The summed E-state index contributed by atoms with van der Waals surface area (Å²) in [5.41, 5.74) is 4.18. The minimum Gasteiger partial charge on any atom is -0.486 e. The number of benzene rings is 4. The van der Waals surface area contributed by atoms with Crippen molar-refractivity contribution in [1.29, 1.82) is 0 Å². The van der Waals surface area contributed by atoms with Gasteiger partial charge in [0.25, 0.3) is 0 Å². The van der Waals surface area contributed by atoms with Crippen molar-refractivity contribution in [2.24, 2.45) is 0 Å². The summed E-state index contributed by atoms with van der Waals surface area (Å²) in [6, 6.07) is 25.6. The Labute approximate surface area is 205 Å². The van der Waals surface area contributed by atoms with Crippen LogP contribution in [0.4, 0.5) is 8.78 Å². The third-order valence-electron chi connectivity index (χ3n) is 5.81. The zero-order valence-corrected chi connectivity index (χ0v) is 19.8. The van der Waals surface area contributed by atoms with E-state index in [4.69, 9.17) is 9.47 Å². The van der Waals surface area contributed by atoms with Crippen LogP contribution in [0.1, 0.15) is 33.7 Å². The average molecular weight is 519 g/mol. The van der Waals surface area contributed by atoms with Crippen LogP contribution in [-0.2, 0) is 13.2 Å². The minimum absolute atomic E-state index is 0.194. The molecule has 0 radical (unpaired) electrons. The van der Waals surface area contributed by atoms with E-state index in [2.05, 4.69) is 15.9 Å². The van der Waals surface area contributed by atoms with E-state index in [0.717, 1.165) is 22.3 Å². The van der Waals surface area contributed by atoms with Crippen molar-refractivity contribution < 1.29 is 18.3 Å². The van der Waals surface area contributed by atoms with Gasteiger partial charge in [0.15, 0.2) is 23.1 Å². The van der Waals surface area contributed by atoms with Crippen LogP contribution in [-0.4, -0.2) is 0 Å². The van der Waals surface area contributed by atoms with Crippen LogP contribution in [0.25, 0.3) is 6.08 Å². The lowest BCUT2D eigenvalue weighted by Gasteiger charge is -2.18. The zero-order valence-electron chi connectivity index (χ0n) is 18.2. The molecule has 0 saturated heterocycles. The standard InChI is InChI=1S/C29H21BrF2O2/c30-24-16-26(32)29(34-18-20-9-5-2-6-10-20)23-13-12-22(28(23)24)21-11-14-27(25(31)15-21)33-17-19-7-3-1-4-8-19/h1-16,22H,17-18H2. The summed E-state index contributed by atoms with van der Waals surface area (Å²) < 4.78 is 41.9. The molecule has 1 unspecified atom stereocenters. The number of hydrogen-bond acceptors (Lipinski definition) is 2. The Bertz CT molecular complexity index is 1340. The predicted octanol–water partition coefficient (Wildman–Crippen LogP) is 8.04. The van der Waals surface area contributed by atoms with Gasteiger partial charge < -0.3 is 9.47 Å². The van der Waals surface area contributed by atoms with Gasteiger partial charge in [0, 0.05) is 16.0 Å². The van der Waals surface area contributed by atoms with Crippen LogP contribution in [0, 0.1) is 11.6 Å². The first-order valence-corrected chi connectivity index (χ1v) is 11.7. The largest absolute Gasteiger partial charge is 0.486 e. The van der Waals surface area contributed by atoms with Gasteiger partial charge in [0.2, 0.25) is 0 Å². The van der Waals surface area contributed by atoms with E-state index in [1.807, 2.05) is 78.9 Å². The Hall–Kier alpha value is -3.44. The molecular formula is C29H21BrF2O2. The second-order valence-electron chi connectivity index (χ2n) is 8.07. The van der Waals surface area contributed by atoms with Crippen molar-refractivity contribution in [2.45, 2.75) is 19.1 Å². The molecule has 5 heteroatoms. The Morgan fingerprint density at radius 2 is 1.38 bits per heavy atom. The Morgan fingerprint density at radius 3 is 2.03 bits per heavy atom. The lowest BCUT2D eigenvalue weighted by Crippen LogP contribution is -2.04. The molecule has 2 nitrogen and oxygen atoms in total. The average Bonchev–Trinajstić information content (AvgIpc) is 3.30. The molecule has 0 heterocycles. The molecule has 0 N–H and O–H groups in total. The van der Waals surface area contributed by atoms with Gasteiger partial charge in [-0.25, -0.2) is 8.78 Å². The molecule has 0 bridgehead atoms. The first-order chi connectivity index (χ1) is 16.6. The van der Waals surface area contributed by atoms with Crippen LogP contribution in [0.3, 0.4) is 0 Å². The summed E-state index contributed by atoms with van der Waals surface area (Å²) in [6.07, 6.45) is 3.77. The zero-order chi connectivity index (χ0) is 23.5. The first kappa shape index (κ1) is 22.4. The monoisotopic (exact) mass is 518 g/mol. The van der Waals surface area contributed by atoms with E-state index in [-0.39, 0.29) is 30.6 Å². The lowest BCUT2D eigenvalue weighted by molar-refractivity contribution is 0.289. The summed E-state index contributed by atoms with van der Waals surface area (Å²) >= 11 is 3.50.